The van der Waals surface area contributed by atoms with Gasteiger partial charge in [0, 0.05) is 5.69 Å². The van der Waals surface area contributed by atoms with E-state index in [1.807, 2.05) is 32.9 Å². The lowest BCUT2D eigenvalue weighted by Crippen LogP contribution is -2.46. The summed E-state index contributed by atoms with van der Waals surface area (Å²) in [4.78, 5) is 34.5. The predicted octanol–water partition coefficient (Wildman–Crippen LogP) is 1.73. The van der Waals surface area contributed by atoms with E-state index >= 15 is 0 Å². The zero-order valence-corrected chi connectivity index (χ0v) is 13.6. The van der Waals surface area contributed by atoms with Crippen LogP contribution in [0.3, 0.4) is 0 Å². The van der Waals surface area contributed by atoms with E-state index in [0.29, 0.717) is 12.1 Å². The molecule has 7 nitrogen and oxygen atoms in total. The second-order valence-electron chi connectivity index (χ2n) is 5.76. The van der Waals surface area contributed by atoms with Crippen LogP contribution in [-0.4, -0.2) is 35.6 Å². The molecule has 1 atom stereocenters. The summed E-state index contributed by atoms with van der Waals surface area (Å²) in [5.74, 6) is -1.50. The molecule has 7 heteroatoms. The lowest BCUT2D eigenvalue weighted by molar-refractivity contribution is -0.142. The summed E-state index contributed by atoms with van der Waals surface area (Å²) in [6.45, 7) is 5.38. The third-order valence-corrected chi connectivity index (χ3v) is 3.06. The summed E-state index contributed by atoms with van der Waals surface area (Å²) in [5, 5.41) is 16.4. The van der Waals surface area contributed by atoms with Gasteiger partial charge in [-0.25, -0.2) is 9.59 Å². The van der Waals surface area contributed by atoms with Crippen molar-refractivity contribution in [2.45, 2.75) is 33.2 Å². The van der Waals surface area contributed by atoms with Crippen LogP contribution >= 0.6 is 0 Å². The number of carboxylic acid groups (broad SMARTS) is 1. The van der Waals surface area contributed by atoms with Crippen LogP contribution in [0.4, 0.5) is 10.5 Å². The van der Waals surface area contributed by atoms with E-state index in [9.17, 15) is 14.4 Å². The van der Waals surface area contributed by atoms with Gasteiger partial charge in [0.15, 0.2) is 0 Å². The molecule has 0 heterocycles. The van der Waals surface area contributed by atoms with E-state index in [0.717, 1.165) is 5.56 Å². The van der Waals surface area contributed by atoms with Gasteiger partial charge < -0.3 is 21.1 Å². The summed E-state index contributed by atoms with van der Waals surface area (Å²) >= 11 is 0. The molecule has 126 valence electrons. The molecule has 0 aromatic heterocycles. The highest BCUT2D eigenvalue weighted by Crippen LogP contribution is 2.08. The minimum Gasteiger partial charge on any atom is -0.480 e. The number of carbonyl (C=O) groups excluding carboxylic acids is 2. The molecule has 1 aromatic carbocycles. The van der Waals surface area contributed by atoms with Crippen LogP contribution in [0.25, 0.3) is 0 Å². The molecule has 1 unspecified atom stereocenters. The van der Waals surface area contributed by atoms with Crippen molar-refractivity contribution in [1.82, 2.24) is 10.6 Å². The number of anilines is 1. The topological polar surface area (TPSA) is 108 Å². The summed E-state index contributed by atoms with van der Waals surface area (Å²) < 4.78 is 0. The Morgan fingerprint density at radius 3 is 2.26 bits per heavy atom. The zero-order valence-electron chi connectivity index (χ0n) is 13.6. The molecule has 1 rings (SSSR count). The molecule has 23 heavy (non-hydrogen) atoms. The van der Waals surface area contributed by atoms with Gasteiger partial charge in [0.2, 0.25) is 5.91 Å². The number of carbonyl (C=O) groups is 3. The minimum absolute atomic E-state index is 0.134. The Labute approximate surface area is 135 Å². The Hall–Kier alpha value is -2.57. The maximum atomic E-state index is 11.7. The van der Waals surface area contributed by atoms with E-state index < -0.39 is 23.9 Å². The first kappa shape index (κ1) is 18.5. The number of carboxylic acids is 1. The molecule has 1 aromatic rings. The van der Waals surface area contributed by atoms with Crippen LogP contribution in [0.2, 0.25) is 0 Å². The Kier molecular flexibility index (Phi) is 7.05. The Morgan fingerprint density at radius 1 is 1.13 bits per heavy atom. The van der Waals surface area contributed by atoms with Crippen molar-refractivity contribution in [2.24, 2.45) is 5.92 Å². The van der Waals surface area contributed by atoms with E-state index in [1.165, 1.54) is 0 Å². The quantitative estimate of drug-likeness (QED) is 0.613. The number of aliphatic carboxylic acids is 1. The fourth-order valence-corrected chi connectivity index (χ4v) is 1.91. The number of urea groups is 1. The summed E-state index contributed by atoms with van der Waals surface area (Å²) in [6, 6.07) is 5.72. The van der Waals surface area contributed by atoms with Gasteiger partial charge >= 0.3 is 12.0 Å². The molecule has 0 aliphatic rings. The van der Waals surface area contributed by atoms with Crippen LogP contribution in [0.1, 0.15) is 25.8 Å². The molecule has 3 amide bonds. The molecule has 0 aliphatic heterocycles. The smallest absolute Gasteiger partial charge is 0.326 e. The SMILES string of the molecule is Cc1ccc(NC(=O)NCC(=O)NC(CC(C)C)C(=O)O)cc1. The fourth-order valence-electron chi connectivity index (χ4n) is 1.91. The monoisotopic (exact) mass is 321 g/mol. The molecule has 0 aliphatic carbocycles. The van der Waals surface area contributed by atoms with Gasteiger partial charge in [-0.2, -0.15) is 0 Å². The van der Waals surface area contributed by atoms with Crippen molar-refractivity contribution in [3.8, 4) is 0 Å². The van der Waals surface area contributed by atoms with Crippen LogP contribution in [0.5, 0.6) is 0 Å². The second kappa shape index (κ2) is 8.77. The largest absolute Gasteiger partial charge is 0.480 e. The van der Waals surface area contributed by atoms with Gasteiger partial charge in [-0.05, 0) is 31.4 Å². The number of nitrogens with one attached hydrogen (secondary N) is 3. The number of amides is 3. The van der Waals surface area contributed by atoms with E-state index in [-0.39, 0.29) is 12.5 Å². The number of rotatable bonds is 7. The van der Waals surface area contributed by atoms with Crippen LogP contribution < -0.4 is 16.0 Å². The van der Waals surface area contributed by atoms with Crippen LogP contribution in [0, 0.1) is 12.8 Å². The Bertz CT molecular complexity index is 555. The van der Waals surface area contributed by atoms with Crippen molar-refractivity contribution in [3.05, 3.63) is 29.8 Å². The van der Waals surface area contributed by atoms with Gasteiger partial charge in [0.05, 0.1) is 6.54 Å². The number of benzene rings is 1. The van der Waals surface area contributed by atoms with Crippen molar-refractivity contribution < 1.29 is 19.5 Å². The lowest BCUT2D eigenvalue weighted by Gasteiger charge is -2.16. The first-order valence-corrected chi connectivity index (χ1v) is 7.41. The molecular formula is C16H23N3O4. The standard InChI is InChI=1S/C16H23N3O4/c1-10(2)8-13(15(21)22)19-14(20)9-17-16(23)18-12-6-4-11(3)5-7-12/h4-7,10,13H,8-9H2,1-3H3,(H,19,20)(H,21,22)(H2,17,18,23). The molecule has 0 bridgehead atoms. The summed E-state index contributed by atoms with van der Waals surface area (Å²) in [5.41, 5.74) is 1.68. The molecule has 0 radical (unpaired) electrons. The Morgan fingerprint density at radius 2 is 1.74 bits per heavy atom. The highest BCUT2D eigenvalue weighted by molar-refractivity contribution is 5.93. The van der Waals surface area contributed by atoms with Crippen molar-refractivity contribution in [1.29, 1.82) is 0 Å². The van der Waals surface area contributed by atoms with Crippen molar-refractivity contribution >= 4 is 23.6 Å². The molecule has 0 saturated heterocycles. The average molecular weight is 321 g/mol. The van der Waals surface area contributed by atoms with Crippen LogP contribution in [-0.2, 0) is 9.59 Å². The van der Waals surface area contributed by atoms with Crippen molar-refractivity contribution in [2.75, 3.05) is 11.9 Å². The number of hydrogen-bond acceptors (Lipinski definition) is 3. The third-order valence-electron chi connectivity index (χ3n) is 3.06. The van der Waals surface area contributed by atoms with Crippen molar-refractivity contribution in [3.63, 3.8) is 0 Å². The van der Waals surface area contributed by atoms with Crippen LogP contribution in [0.15, 0.2) is 24.3 Å². The first-order chi connectivity index (χ1) is 10.8. The molecule has 0 fully saturated rings. The van der Waals surface area contributed by atoms with E-state index in [1.54, 1.807) is 12.1 Å². The highest BCUT2D eigenvalue weighted by Gasteiger charge is 2.21. The first-order valence-electron chi connectivity index (χ1n) is 7.41. The number of aryl methyl sites for hydroxylation is 1. The lowest BCUT2D eigenvalue weighted by atomic mass is 10.0. The van der Waals surface area contributed by atoms with E-state index in [4.69, 9.17) is 5.11 Å². The maximum absolute atomic E-state index is 11.7. The highest BCUT2D eigenvalue weighted by atomic mass is 16.4. The minimum atomic E-state index is -1.09. The average Bonchev–Trinajstić information content (AvgIpc) is 2.46. The molecule has 0 saturated carbocycles. The second-order valence-corrected chi connectivity index (χ2v) is 5.76. The van der Waals surface area contributed by atoms with Gasteiger partial charge in [0.1, 0.15) is 6.04 Å². The van der Waals surface area contributed by atoms with Gasteiger partial charge in [-0.1, -0.05) is 31.5 Å². The van der Waals surface area contributed by atoms with Gasteiger partial charge in [-0.15, -0.1) is 0 Å². The molecular weight excluding hydrogens is 298 g/mol. The van der Waals surface area contributed by atoms with E-state index in [2.05, 4.69) is 16.0 Å². The fraction of sp³-hybridized carbons (Fsp3) is 0.438. The molecule has 0 spiro atoms. The normalized spacial score (nSPS) is 11.7. The summed E-state index contributed by atoms with van der Waals surface area (Å²) in [6.07, 6.45) is 0.330. The van der Waals surface area contributed by atoms with Gasteiger partial charge in [0.25, 0.3) is 0 Å². The van der Waals surface area contributed by atoms with Gasteiger partial charge in [-0.3, -0.25) is 4.79 Å². The summed E-state index contributed by atoms with van der Waals surface area (Å²) in [7, 11) is 0. The molecule has 4 N–H and O–H groups in total. The zero-order chi connectivity index (χ0) is 17.4. The third kappa shape index (κ3) is 7.30. The maximum Gasteiger partial charge on any atom is 0.326 e. The predicted molar refractivity (Wildman–Crippen MR) is 87.2 cm³/mol. The number of hydrogen-bond donors (Lipinski definition) is 4. The Balaban J connectivity index is 2.40.